The van der Waals surface area contributed by atoms with E-state index in [0.717, 1.165) is 24.9 Å². The fourth-order valence-corrected chi connectivity index (χ4v) is 4.59. The molecule has 3 unspecified atom stereocenters. The Labute approximate surface area is 179 Å². The van der Waals surface area contributed by atoms with E-state index in [1.54, 1.807) is 0 Å². The number of aliphatic hydroxyl groups excluding tert-OH is 2. The largest absolute Gasteiger partial charge is 0.392 e. The van der Waals surface area contributed by atoms with Crippen molar-refractivity contribution in [1.82, 2.24) is 4.90 Å². The number of benzene rings is 1. The Bertz CT molecular complexity index is 547. The van der Waals surface area contributed by atoms with Crippen molar-refractivity contribution in [3.8, 4) is 0 Å². The molecule has 166 valence electrons. The first-order chi connectivity index (χ1) is 14.1. The van der Waals surface area contributed by atoms with E-state index in [1.807, 2.05) is 30.0 Å². The van der Waals surface area contributed by atoms with Crippen LogP contribution in [0.4, 0.5) is 0 Å². The first-order valence-electron chi connectivity index (χ1n) is 12.3. The van der Waals surface area contributed by atoms with E-state index in [-0.39, 0.29) is 12.1 Å². The molecule has 1 aliphatic heterocycles. The standard InChI is InChI=1S/C26H45NO2/c1-3-4-5-6-7-8-9-10-11-12-13-14-15-20-25(28)22(2)27-21-23-18-16-17-19-24(23)26(27)29/h16-19,22,25-26,28-29H,3-15,20-21H2,1-2H3. The summed E-state index contributed by atoms with van der Waals surface area (Å²) >= 11 is 0. The van der Waals surface area contributed by atoms with Gasteiger partial charge in [0.2, 0.25) is 0 Å². The number of hydrogen-bond acceptors (Lipinski definition) is 3. The van der Waals surface area contributed by atoms with Gasteiger partial charge in [-0.05, 0) is 24.5 Å². The van der Waals surface area contributed by atoms with E-state index in [9.17, 15) is 10.2 Å². The molecule has 29 heavy (non-hydrogen) atoms. The van der Waals surface area contributed by atoms with Gasteiger partial charge in [-0.1, -0.05) is 115 Å². The molecular formula is C26H45NO2. The average molecular weight is 404 g/mol. The van der Waals surface area contributed by atoms with Crippen LogP contribution in [0, 0.1) is 0 Å². The van der Waals surface area contributed by atoms with Gasteiger partial charge in [-0.3, -0.25) is 4.90 Å². The Morgan fingerprint density at radius 2 is 1.38 bits per heavy atom. The van der Waals surface area contributed by atoms with Gasteiger partial charge >= 0.3 is 0 Å². The third kappa shape index (κ3) is 8.39. The Hall–Kier alpha value is -0.900. The smallest absolute Gasteiger partial charge is 0.134 e. The lowest BCUT2D eigenvalue weighted by Crippen LogP contribution is -2.40. The lowest BCUT2D eigenvalue weighted by atomic mass is 10.0. The first-order valence-corrected chi connectivity index (χ1v) is 12.3. The zero-order valence-corrected chi connectivity index (χ0v) is 19.0. The van der Waals surface area contributed by atoms with E-state index >= 15 is 0 Å². The van der Waals surface area contributed by atoms with Gasteiger partial charge in [0.05, 0.1) is 6.10 Å². The highest BCUT2D eigenvalue weighted by molar-refractivity contribution is 5.32. The topological polar surface area (TPSA) is 43.7 Å². The van der Waals surface area contributed by atoms with Crippen molar-refractivity contribution in [1.29, 1.82) is 0 Å². The summed E-state index contributed by atoms with van der Waals surface area (Å²) in [4.78, 5) is 2.03. The molecule has 0 saturated heterocycles. The molecule has 2 rings (SSSR count). The number of fused-ring (bicyclic) bond motifs is 1. The van der Waals surface area contributed by atoms with Crippen molar-refractivity contribution in [3.05, 3.63) is 35.4 Å². The molecule has 0 bridgehead atoms. The molecule has 3 heteroatoms. The SMILES string of the molecule is CCCCCCCCCCCCCCCC(O)C(C)N1Cc2ccccc2C1O. The molecular weight excluding hydrogens is 358 g/mol. The molecule has 0 aromatic heterocycles. The molecule has 1 aromatic rings. The second kappa shape index (κ2) is 14.2. The minimum Gasteiger partial charge on any atom is -0.392 e. The molecule has 1 aliphatic rings. The van der Waals surface area contributed by atoms with E-state index in [1.165, 1.54) is 82.6 Å². The van der Waals surface area contributed by atoms with Crippen molar-refractivity contribution >= 4 is 0 Å². The summed E-state index contributed by atoms with van der Waals surface area (Å²) in [5.74, 6) is 0. The molecule has 0 amide bonds. The zero-order valence-electron chi connectivity index (χ0n) is 19.0. The molecule has 0 fully saturated rings. The predicted molar refractivity (Wildman–Crippen MR) is 123 cm³/mol. The van der Waals surface area contributed by atoms with Crippen LogP contribution < -0.4 is 0 Å². The summed E-state index contributed by atoms with van der Waals surface area (Å²) in [6.07, 6.45) is 17.4. The van der Waals surface area contributed by atoms with Crippen LogP contribution in [0.15, 0.2) is 24.3 Å². The van der Waals surface area contributed by atoms with Gasteiger partial charge in [0.25, 0.3) is 0 Å². The van der Waals surface area contributed by atoms with Crippen molar-refractivity contribution in [3.63, 3.8) is 0 Å². The summed E-state index contributed by atoms with van der Waals surface area (Å²) in [5, 5.41) is 21.2. The first kappa shape index (κ1) is 24.4. The van der Waals surface area contributed by atoms with Crippen LogP contribution in [0.25, 0.3) is 0 Å². The number of unbranched alkanes of at least 4 members (excludes halogenated alkanes) is 12. The highest BCUT2D eigenvalue weighted by atomic mass is 16.3. The van der Waals surface area contributed by atoms with Gasteiger partial charge < -0.3 is 10.2 Å². The molecule has 1 aromatic carbocycles. The molecule has 0 saturated carbocycles. The second-order valence-corrected chi connectivity index (χ2v) is 9.08. The highest BCUT2D eigenvalue weighted by Gasteiger charge is 2.34. The van der Waals surface area contributed by atoms with E-state index < -0.39 is 6.23 Å². The molecule has 0 radical (unpaired) electrons. The van der Waals surface area contributed by atoms with Gasteiger partial charge in [0.15, 0.2) is 0 Å². The normalized spacial score (nSPS) is 18.7. The van der Waals surface area contributed by atoms with Crippen LogP contribution in [0.5, 0.6) is 0 Å². The van der Waals surface area contributed by atoms with E-state index in [0.29, 0.717) is 0 Å². The average Bonchev–Trinajstić information content (AvgIpc) is 3.07. The van der Waals surface area contributed by atoms with Crippen LogP contribution >= 0.6 is 0 Å². The summed E-state index contributed by atoms with van der Waals surface area (Å²) < 4.78 is 0. The maximum atomic E-state index is 10.6. The number of aliphatic hydroxyl groups is 2. The van der Waals surface area contributed by atoms with Crippen LogP contribution in [0.1, 0.15) is 121 Å². The Balaban J connectivity index is 1.46. The number of nitrogens with zero attached hydrogens (tertiary/aromatic N) is 1. The Morgan fingerprint density at radius 1 is 0.862 bits per heavy atom. The van der Waals surface area contributed by atoms with E-state index in [2.05, 4.69) is 13.0 Å². The van der Waals surface area contributed by atoms with Gasteiger partial charge in [0.1, 0.15) is 6.23 Å². The fourth-order valence-electron chi connectivity index (χ4n) is 4.59. The summed E-state index contributed by atoms with van der Waals surface area (Å²) in [7, 11) is 0. The van der Waals surface area contributed by atoms with Gasteiger partial charge in [-0.15, -0.1) is 0 Å². The van der Waals surface area contributed by atoms with Gasteiger partial charge in [-0.2, -0.15) is 0 Å². The van der Waals surface area contributed by atoms with Crippen molar-refractivity contribution in [2.24, 2.45) is 0 Å². The third-order valence-electron chi connectivity index (χ3n) is 6.68. The van der Waals surface area contributed by atoms with Crippen molar-refractivity contribution in [2.45, 2.75) is 129 Å². The molecule has 3 atom stereocenters. The summed E-state index contributed by atoms with van der Waals surface area (Å²) in [6, 6.07) is 8.04. The molecule has 0 spiro atoms. The Kier molecular flexibility index (Phi) is 11.9. The molecule has 1 heterocycles. The number of hydrogen-bond donors (Lipinski definition) is 2. The van der Waals surface area contributed by atoms with Crippen LogP contribution in [0.3, 0.4) is 0 Å². The lowest BCUT2D eigenvalue weighted by Gasteiger charge is -2.31. The highest BCUT2D eigenvalue weighted by Crippen LogP contribution is 2.34. The third-order valence-corrected chi connectivity index (χ3v) is 6.68. The lowest BCUT2D eigenvalue weighted by molar-refractivity contribution is -0.0529. The minimum atomic E-state index is -0.581. The van der Waals surface area contributed by atoms with Crippen molar-refractivity contribution < 1.29 is 10.2 Å². The fraction of sp³-hybridized carbons (Fsp3) is 0.769. The number of rotatable bonds is 16. The second-order valence-electron chi connectivity index (χ2n) is 9.08. The summed E-state index contributed by atoms with van der Waals surface area (Å²) in [6.45, 7) is 5.05. The van der Waals surface area contributed by atoms with Gasteiger partial charge in [0, 0.05) is 12.6 Å². The monoisotopic (exact) mass is 403 g/mol. The molecule has 2 N–H and O–H groups in total. The summed E-state index contributed by atoms with van der Waals surface area (Å²) in [5.41, 5.74) is 2.17. The van der Waals surface area contributed by atoms with Crippen LogP contribution in [-0.4, -0.2) is 27.3 Å². The van der Waals surface area contributed by atoms with E-state index in [4.69, 9.17) is 0 Å². The maximum Gasteiger partial charge on any atom is 0.134 e. The molecule has 3 nitrogen and oxygen atoms in total. The van der Waals surface area contributed by atoms with Gasteiger partial charge in [-0.25, -0.2) is 0 Å². The quantitative estimate of drug-likeness (QED) is 0.301. The van der Waals surface area contributed by atoms with Crippen molar-refractivity contribution in [2.75, 3.05) is 0 Å². The predicted octanol–water partition coefficient (Wildman–Crippen LogP) is 6.72. The minimum absolute atomic E-state index is 0.0188. The van der Waals surface area contributed by atoms with Crippen LogP contribution in [-0.2, 0) is 6.54 Å². The molecule has 0 aliphatic carbocycles. The Morgan fingerprint density at radius 3 is 1.93 bits per heavy atom. The van der Waals surface area contributed by atoms with Crippen LogP contribution in [0.2, 0.25) is 0 Å². The maximum absolute atomic E-state index is 10.6. The zero-order chi connectivity index (χ0) is 20.9.